The Morgan fingerprint density at radius 2 is 1.84 bits per heavy atom. The molecule has 198 valence electrons. The Balaban J connectivity index is 1.56. The van der Waals surface area contributed by atoms with Crippen molar-refractivity contribution in [1.82, 2.24) is 14.5 Å². The maximum absolute atomic E-state index is 13.3. The fraction of sp³-hybridized carbons (Fsp3) is 0.323. The first-order valence-corrected chi connectivity index (χ1v) is 13.2. The van der Waals surface area contributed by atoms with E-state index in [1.165, 1.54) is 0 Å². The number of aromatic nitrogens is 2. The van der Waals surface area contributed by atoms with Gasteiger partial charge in [-0.05, 0) is 44.7 Å². The van der Waals surface area contributed by atoms with Crippen LogP contribution in [0.3, 0.4) is 0 Å². The van der Waals surface area contributed by atoms with E-state index in [1.807, 2.05) is 98.3 Å². The second-order valence-corrected chi connectivity index (χ2v) is 9.78. The number of rotatable bonds is 10. The maximum Gasteiger partial charge on any atom is 0.246 e. The summed E-state index contributed by atoms with van der Waals surface area (Å²) >= 11 is 0. The van der Waals surface area contributed by atoms with Gasteiger partial charge in [-0.25, -0.2) is 4.98 Å². The Hall–Kier alpha value is -4.13. The molecule has 1 N–H and O–H groups in total. The SMILES string of the molecule is CCOc1cccc(-n2cc(-c3ccccc3)nc2NC(=O)CN(C(=O)CC2C=CC=CC2C)C(C)C)c1. The van der Waals surface area contributed by atoms with E-state index in [0.29, 0.717) is 19.0 Å². The van der Waals surface area contributed by atoms with Gasteiger partial charge in [-0.3, -0.25) is 19.5 Å². The molecule has 0 radical (unpaired) electrons. The standard InChI is InChI=1S/C31H36N4O3/c1-5-38-27-17-11-16-26(19-27)35-20-28(24-13-7-6-8-14-24)32-31(35)33-29(36)21-34(22(2)3)30(37)18-25-15-10-9-12-23(25)4/h6-17,19-20,22-23,25H,5,18,21H2,1-4H3,(H,32,33,36). The molecule has 38 heavy (non-hydrogen) atoms. The van der Waals surface area contributed by atoms with E-state index >= 15 is 0 Å². The summed E-state index contributed by atoms with van der Waals surface area (Å²) in [6.07, 6.45) is 10.4. The molecule has 0 spiro atoms. The zero-order valence-corrected chi connectivity index (χ0v) is 22.5. The van der Waals surface area contributed by atoms with E-state index in [1.54, 1.807) is 4.90 Å². The molecular formula is C31H36N4O3. The van der Waals surface area contributed by atoms with Crippen LogP contribution in [-0.4, -0.2) is 45.5 Å². The number of allylic oxidation sites excluding steroid dienone is 4. The lowest BCUT2D eigenvalue weighted by Gasteiger charge is -2.29. The first-order chi connectivity index (χ1) is 18.4. The van der Waals surface area contributed by atoms with Crippen LogP contribution in [0.5, 0.6) is 5.75 Å². The summed E-state index contributed by atoms with van der Waals surface area (Å²) in [5, 5.41) is 2.96. The van der Waals surface area contributed by atoms with Gasteiger partial charge in [0.15, 0.2) is 0 Å². The molecule has 1 aromatic heterocycles. The van der Waals surface area contributed by atoms with Gasteiger partial charge in [0.1, 0.15) is 12.3 Å². The zero-order chi connectivity index (χ0) is 27.1. The maximum atomic E-state index is 13.3. The normalized spacial score (nSPS) is 16.4. The smallest absolute Gasteiger partial charge is 0.246 e. The third-order valence-electron chi connectivity index (χ3n) is 6.66. The van der Waals surface area contributed by atoms with Crippen LogP contribution in [-0.2, 0) is 9.59 Å². The van der Waals surface area contributed by atoms with E-state index < -0.39 is 0 Å². The van der Waals surface area contributed by atoms with Crippen LogP contribution < -0.4 is 10.1 Å². The van der Waals surface area contributed by atoms with Crippen molar-refractivity contribution in [3.05, 3.63) is 85.1 Å². The third-order valence-corrected chi connectivity index (χ3v) is 6.66. The molecule has 1 aliphatic carbocycles. The molecule has 0 bridgehead atoms. The average Bonchev–Trinajstić information content (AvgIpc) is 3.33. The van der Waals surface area contributed by atoms with Gasteiger partial charge in [0.25, 0.3) is 0 Å². The van der Waals surface area contributed by atoms with Crippen LogP contribution in [0.25, 0.3) is 16.9 Å². The monoisotopic (exact) mass is 512 g/mol. The van der Waals surface area contributed by atoms with E-state index in [0.717, 1.165) is 22.7 Å². The quantitative estimate of drug-likeness (QED) is 0.368. The van der Waals surface area contributed by atoms with Gasteiger partial charge in [0, 0.05) is 30.3 Å². The number of hydrogen-bond acceptors (Lipinski definition) is 4. The highest BCUT2D eigenvalue weighted by atomic mass is 16.5. The molecule has 3 aromatic rings. The molecule has 0 saturated carbocycles. The second kappa shape index (κ2) is 12.4. The molecule has 0 saturated heterocycles. The molecule has 2 amide bonds. The Labute approximate surface area is 224 Å². The van der Waals surface area contributed by atoms with Gasteiger partial charge in [0.05, 0.1) is 18.0 Å². The number of nitrogens with one attached hydrogen (secondary N) is 1. The number of ether oxygens (including phenoxy) is 1. The third kappa shape index (κ3) is 6.59. The highest BCUT2D eigenvalue weighted by molar-refractivity contribution is 5.94. The molecule has 1 aliphatic rings. The molecule has 0 aliphatic heterocycles. The van der Waals surface area contributed by atoms with E-state index in [4.69, 9.17) is 9.72 Å². The van der Waals surface area contributed by atoms with Crippen molar-refractivity contribution >= 4 is 17.8 Å². The summed E-state index contributed by atoms with van der Waals surface area (Å²) in [4.78, 5) is 32.9. The van der Waals surface area contributed by atoms with Crippen LogP contribution >= 0.6 is 0 Å². The minimum atomic E-state index is -0.299. The molecule has 4 rings (SSSR count). The van der Waals surface area contributed by atoms with Crippen molar-refractivity contribution in [2.45, 2.75) is 40.2 Å². The molecule has 2 atom stereocenters. The van der Waals surface area contributed by atoms with Crippen LogP contribution in [0.2, 0.25) is 0 Å². The second-order valence-electron chi connectivity index (χ2n) is 9.78. The number of hydrogen-bond donors (Lipinski definition) is 1. The topological polar surface area (TPSA) is 76.5 Å². The number of anilines is 1. The summed E-state index contributed by atoms with van der Waals surface area (Å²) in [5.41, 5.74) is 2.47. The zero-order valence-electron chi connectivity index (χ0n) is 22.5. The first-order valence-electron chi connectivity index (χ1n) is 13.2. The van der Waals surface area contributed by atoms with Gasteiger partial charge >= 0.3 is 0 Å². The molecule has 2 aromatic carbocycles. The molecular weight excluding hydrogens is 476 g/mol. The number of amides is 2. The number of nitrogens with zero attached hydrogens (tertiary/aromatic N) is 3. The number of benzene rings is 2. The van der Waals surface area contributed by atoms with Crippen molar-refractivity contribution in [1.29, 1.82) is 0 Å². The van der Waals surface area contributed by atoms with Gasteiger partial charge in [-0.1, -0.05) is 67.6 Å². The van der Waals surface area contributed by atoms with E-state index in [-0.39, 0.29) is 36.2 Å². The van der Waals surface area contributed by atoms with Crippen LogP contribution in [0, 0.1) is 11.8 Å². The molecule has 7 heteroatoms. The van der Waals surface area contributed by atoms with Crippen molar-refractivity contribution < 1.29 is 14.3 Å². The van der Waals surface area contributed by atoms with Crippen molar-refractivity contribution in [3.8, 4) is 22.7 Å². The number of imidazole rings is 1. The highest BCUT2D eigenvalue weighted by Gasteiger charge is 2.26. The van der Waals surface area contributed by atoms with Crippen molar-refractivity contribution in [2.75, 3.05) is 18.5 Å². The van der Waals surface area contributed by atoms with Gasteiger partial charge in [-0.15, -0.1) is 0 Å². The van der Waals surface area contributed by atoms with Gasteiger partial charge < -0.3 is 9.64 Å². The lowest BCUT2D eigenvalue weighted by Crippen LogP contribution is -2.43. The minimum Gasteiger partial charge on any atom is -0.494 e. The lowest BCUT2D eigenvalue weighted by atomic mass is 9.87. The Morgan fingerprint density at radius 3 is 2.55 bits per heavy atom. The van der Waals surface area contributed by atoms with E-state index in [2.05, 4.69) is 24.4 Å². The van der Waals surface area contributed by atoms with Crippen molar-refractivity contribution in [3.63, 3.8) is 0 Å². The molecule has 0 fully saturated rings. The van der Waals surface area contributed by atoms with Gasteiger partial charge in [-0.2, -0.15) is 0 Å². The summed E-state index contributed by atoms with van der Waals surface area (Å²) < 4.78 is 7.52. The summed E-state index contributed by atoms with van der Waals surface area (Å²) in [6, 6.07) is 17.3. The molecule has 1 heterocycles. The summed E-state index contributed by atoms with van der Waals surface area (Å²) in [7, 11) is 0. The fourth-order valence-corrected chi connectivity index (χ4v) is 4.52. The van der Waals surface area contributed by atoms with Gasteiger partial charge in [0.2, 0.25) is 17.8 Å². The Morgan fingerprint density at radius 1 is 1.08 bits per heavy atom. The van der Waals surface area contributed by atoms with Crippen LogP contribution in [0.4, 0.5) is 5.95 Å². The number of carbonyl (C=O) groups is 2. The van der Waals surface area contributed by atoms with Crippen LogP contribution in [0.15, 0.2) is 85.1 Å². The Bertz CT molecular complexity index is 1310. The lowest BCUT2D eigenvalue weighted by molar-refractivity contribution is -0.137. The predicted molar refractivity (Wildman–Crippen MR) is 151 cm³/mol. The highest BCUT2D eigenvalue weighted by Crippen LogP contribution is 2.27. The summed E-state index contributed by atoms with van der Waals surface area (Å²) in [6.45, 7) is 8.40. The fourth-order valence-electron chi connectivity index (χ4n) is 4.52. The minimum absolute atomic E-state index is 0.0373. The summed E-state index contributed by atoms with van der Waals surface area (Å²) in [5.74, 6) is 1.18. The Kier molecular flexibility index (Phi) is 8.79. The van der Waals surface area contributed by atoms with E-state index in [9.17, 15) is 9.59 Å². The predicted octanol–water partition coefficient (Wildman–Crippen LogP) is 5.88. The van der Waals surface area contributed by atoms with Crippen LogP contribution in [0.1, 0.15) is 34.1 Å². The number of carbonyl (C=O) groups excluding carboxylic acids is 2. The first kappa shape index (κ1) is 26.9. The van der Waals surface area contributed by atoms with Crippen molar-refractivity contribution in [2.24, 2.45) is 11.8 Å². The average molecular weight is 513 g/mol. The largest absolute Gasteiger partial charge is 0.494 e. The molecule has 7 nitrogen and oxygen atoms in total. The molecule has 2 unspecified atom stereocenters.